The van der Waals surface area contributed by atoms with Gasteiger partial charge in [0.05, 0.1) is 5.41 Å². The van der Waals surface area contributed by atoms with Crippen molar-refractivity contribution in [2.45, 2.75) is 52.4 Å². The maximum absolute atomic E-state index is 12.1. The van der Waals surface area contributed by atoms with Crippen LogP contribution in [0.15, 0.2) is 0 Å². The van der Waals surface area contributed by atoms with E-state index >= 15 is 0 Å². The molecule has 0 aromatic carbocycles. The summed E-state index contributed by atoms with van der Waals surface area (Å²) in [5.74, 6) is -0.719. The molecular weight excluding hydrogens is 256 g/mol. The number of urea groups is 1. The van der Waals surface area contributed by atoms with Crippen LogP contribution >= 0.6 is 0 Å². The molecule has 5 nitrogen and oxygen atoms in total. The number of carbonyl (C=O) groups is 2. The molecule has 2 amide bonds. The van der Waals surface area contributed by atoms with Gasteiger partial charge in [-0.3, -0.25) is 4.79 Å². The minimum absolute atomic E-state index is 0.0279. The molecule has 0 aromatic rings. The predicted molar refractivity (Wildman–Crippen MR) is 76.5 cm³/mol. The lowest BCUT2D eigenvalue weighted by molar-refractivity contribution is -0.151. The molecule has 0 aromatic heterocycles. The zero-order valence-corrected chi connectivity index (χ0v) is 12.6. The third-order valence-corrected chi connectivity index (χ3v) is 5.46. The minimum Gasteiger partial charge on any atom is -0.481 e. The molecule has 2 rings (SSSR count). The number of rotatable bonds is 5. The Morgan fingerprint density at radius 3 is 2.10 bits per heavy atom. The van der Waals surface area contributed by atoms with Gasteiger partial charge < -0.3 is 15.3 Å². The Balaban J connectivity index is 1.81. The van der Waals surface area contributed by atoms with E-state index in [0.717, 1.165) is 13.0 Å². The number of hydrogen-bond donors (Lipinski definition) is 2. The van der Waals surface area contributed by atoms with Gasteiger partial charge in [0, 0.05) is 19.6 Å². The first-order valence-corrected chi connectivity index (χ1v) is 7.73. The van der Waals surface area contributed by atoms with Crippen molar-refractivity contribution < 1.29 is 14.7 Å². The van der Waals surface area contributed by atoms with Crippen molar-refractivity contribution in [2.24, 2.45) is 10.8 Å². The lowest BCUT2D eigenvalue weighted by Crippen LogP contribution is -2.50. The Morgan fingerprint density at radius 2 is 1.70 bits per heavy atom. The van der Waals surface area contributed by atoms with Crippen LogP contribution in [0.4, 0.5) is 4.79 Å². The van der Waals surface area contributed by atoms with Gasteiger partial charge in [0.15, 0.2) is 0 Å². The van der Waals surface area contributed by atoms with Gasteiger partial charge in [-0.1, -0.05) is 13.8 Å². The molecule has 2 N–H and O–H groups in total. The fourth-order valence-corrected chi connectivity index (χ4v) is 3.06. The Kier molecular flexibility index (Phi) is 4.25. The van der Waals surface area contributed by atoms with Gasteiger partial charge in [0.2, 0.25) is 0 Å². The standard InChI is InChI=1S/C15H26N2O3/c1-3-14(5-6-14)11-16-13(20)17-9-7-15(4-2,8-10-17)12(18)19/h3-11H2,1-2H3,(H,16,20)(H,18,19). The second-order valence-electron chi connectivity index (χ2n) is 6.44. The van der Waals surface area contributed by atoms with Crippen molar-refractivity contribution >= 4 is 12.0 Å². The molecule has 0 atom stereocenters. The Bertz CT molecular complexity index is 383. The molecule has 114 valence electrons. The van der Waals surface area contributed by atoms with Crippen molar-refractivity contribution in [1.82, 2.24) is 10.2 Å². The zero-order chi connectivity index (χ0) is 14.8. The second-order valence-corrected chi connectivity index (χ2v) is 6.44. The summed E-state index contributed by atoms with van der Waals surface area (Å²) in [7, 11) is 0. The van der Waals surface area contributed by atoms with Gasteiger partial charge in [-0.15, -0.1) is 0 Å². The summed E-state index contributed by atoms with van der Waals surface area (Å²) in [5, 5.41) is 12.4. The third-order valence-electron chi connectivity index (χ3n) is 5.46. The molecule has 1 heterocycles. The van der Waals surface area contributed by atoms with Crippen molar-refractivity contribution in [2.75, 3.05) is 19.6 Å². The van der Waals surface area contributed by atoms with Crippen LogP contribution in [0.3, 0.4) is 0 Å². The first-order valence-electron chi connectivity index (χ1n) is 7.73. The maximum atomic E-state index is 12.1. The number of aliphatic carboxylic acids is 1. The monoisotopic (exact) mass is 282 g/mol. The summed E-state index contributed by atoms with van der Waals surface area (Å²) in [4.78, 5) is 25.3. The van der Waals surface area contributed by atoms with E-state index in [0.29, 0.717) is 37.8 Å². The van der Waals surface area contributed by atoms with Crippen LogP contribution < -0.4 is 5.32 Å². The molecule has 1 aliphatic heterocycles. The van der Waals surface area contributed by atoms with Crippen LogP contribution in [0.2, 0.25) is 0 Å². The van der Waals surface area contributed by atoms with E-state index in [1.165, 1.54) is 12.8 Å². The highest BCUT2D eigenvalue weighted by Crippen LogP contribution is 2.47. The summed E-state index contributed by atoms with van der Waals surface area (Å²) < 4.78 is 0. The number of carboxylic acids is 1. The van der Waals surface area contributed by atoms with Crippen molar-refractivity contribution in [3.05, 3.63) is 0 Å². The molecule has 0 unspecified atom stereocenters. The van der Waals surface area contributed by atoms with Crippen molar-refractivity contribution in [3.63, 3.8) is 0 Å². The fourth-order valence-electron chi connectivity index (χ4n) is 3.06. The highest BCUT2D eigenvalue weighted by molar-refractivity contribution is 5.77. The Hall–Kier alpha value is -1.26. The fraction of sp³-hybridized carbons (Fsp3) is 0.867. The number of carboxylic acid groups (broad SMARTS) is 1. The molecule has 0 radical (unpaired) electrons. The minimum atomic E-state index is -0.719. The van der Waals surface area contributed by atoms with Crippen LogP contribution in [0.1, 0.15) is 52.4 Å². The van der Waals surface area contributed by atoms with E-state index in [1.807, 2.05) is 6.92 Å². The van der Waals surface area contributed by atoms with E-state index in [-0.39, 0.29) is 6.03 Å². The summed E-state index contributed by atoms with van der Waals surface area (Å²) in [5.41, 5.74) is -0.280. The van der Waals surface area contributed by atoms with Gasteiger partial charge in [0.1, 0.15) is 0 Å². The van der Waals surface area contributed by atoms with Crippen LogP contribution in [0.5, 0.6) is 0 Å². The van der Waals surface area contributed by atoms with E-state index < -0.39 is 11.4 Å². The normalized spacial score (nSPS) is 23.2. The van der Waals surface area contributed by atoms with Gasteiger partial charge in [-0.05, 0) is 43.9 Å². The Morgan fingerprint density at radius 1 is 1.10 bits per heavy atom. The molecule has 2 aliphatic rings. The lowest BCUT2D eigenvalue weighted by Gasteiger charge is -2.38. The summed E-state index contributed by atoms with van der Waals surface area (Å²) in [6.07, 6.45) is 5.29. The third kappa shape index (κ3) is 2.91. The second kappa shape index (κ2) is 5.62. The van der Waals surface area contributed by atoms with E-state index in [9.17, 15) is 14.7 Å². The lowest BCUT2D eigenvalue weighted by atomic mass is 9.76. The topological polar surface area (TPSA) is 69.6 Å². The van der Waals surface area contributed by atoms with Crippen LogP contribution in [0, 0.1) is 10.8 Å². The molecule has 2 fully saturated rings. The molecule has 5 heteroatoms. The molecular formula is C15H26N2O3. The van der Waals surface area contributed by atoms with Crippen molar-refractivity contribution in [1.29, 1.82) is 0 Å². The molecule has 20 heavy (non-hydrogen) atoms. The SMILES string of the molecule is CCC1(CNC(=O)N2CCC(CC)(C(=O)O)CC2)CC1. The smallest absolute Gasteiger partial charge is 0.317 e. The summed E-state index contributed by atoms with van der Waals surface area (Å²) >= 11 is 0. The number of nitrogens with one attached hydrogen (secondary N) is 1. The first-order chi connectivity index (χ1) is 9.47. The van der Waals surface area contributed by atoms with Crippen LogP contribution in [-0.4, -0.2) is 41.6 Å². The summed E-state index contributed by atoms with van der Waals surface area (Å²) in [6, 6.07) is -0.0279. The maximum Gasteiger partial charge on any atom is 0.317 e. The van der Waals surface area contributed by atoms with Gasteiger partial charge >= 0.3 is 12.0 Å². The number of piperidine rings is 1. The summed E-state index contributed by atoms with van der Waals surface area (Å²) in [6.45, 7) is 5.94. The van der Waals surface area contributed by atoms with Gasteiger partial charge in [-0.25, -0.2) is 4.79 Å². The molecule has 1 saturated heterocycles. The largest absolute Gasteiger partial charge is 0.481 e. The van der Waals surface area contributed by atoms with Gasteiger partial charge in [0.25, 0.3) is 0 Å². The average Bonchev–Trinajstić information content (AvgIpc) is 3.25. The molecule has 1 saturated carbocycles. The molecule has 1 aliphatic carbocycles. The number of carbonyl (C=O) groups excluding carboxylic acids is 1. The number of hydrogen-bond acceptors (Lipinski definition) is 2. The van der Waals surface area contributed by atoms with Crippen LogP contribution in [0.25, 0.3) is 0 Å². The molecule has 0 spiro atoms. The predicted octanol–water partition coefficient (Wildman–Crippen LogP) is 2.46. The quantitative estimate of drug-likeness (QED) is 0.814. The Labute approximate surface area is 120 Å². The number of likely N-dealkylation sites (tertiary alicyclic amines) is 1. The number of amides is 2. The zero-order valence-electron chi connectivity index (χ0n) is 12.6. The molecule has 0 bridgehead atoms. The van der Waals surface area contributed by atoms with E-state index in [1.54, 1.807) is 4.90 Å². The van der Waals surface area contributed by atoms with E-state index in [2.05, 4.69) is 12.2 Å². The van der Waals surface area contributed by atoms with Crippen molar-refractivity contribution in [3.8, 4) is 0 Å². The van der Waals surface area contributed by atoms with E-state index in [4.69, 9.17) is 0 Å². The first kappa shape index (κ1) is 15.1. The number of nitrogens with zero attached hydrogens (tertiary/aromatic N) is 1. The highest BCUT2D eigenvalue weighted by Gasteiger charge is 2.43. The van der Waals surface area contributed by atoms with Crippen LogP contribution in [-0.2, 0) is 4.79 Å². The average molecular weight is 282 g/mol. The highest BCUT2D eigenvalue weighted by atomic mass is 16.4. The van der Waals surface area contributed by atoms with Gasteiger partial charge in [-0.2, -0.15) is 0 Å².